The molecule has 1 unspecified atom stereocenters. The number of carbonyl (C=O) groups is 3. The van der Waals surface area contributed by atoms with Crippen molar-refractivity contribution in [2.45, 2.75) is 44.7 Å². The van der Waals surface area contributed by atoms with Crippen LogP contribution in [0.3, 0.4) is 0 Å². The number of imide groups is 1. The van der Waals surface area contributed by atoms with Crippen LogP contribution >= 0.6 is 11.6 Å². The SMILES string of the molecule is CCC(CC)(NC(=O)CC1NC(=O)NC1=O)c1ccc(Cl)cc1. The van der Waals surface area contributed by atoms with Gasteiger partial charge in [0.05, 0.1) is 12.0 Å². The van der Waals surface area contributed by atoms with E-state index in [4.69, 9.17) is 11.6 Å². The summed E-state index contributed by atoms with van der Waals surface area (Å²) in [4.78, 5) is 35.0. The molecule has 1 aromatic rings. The molecule has 2 rings (SSSR count). The Labute approximate surface area is 140 Å². The zero-order chi connectivity index (χ0) is 17.0. The lowest BCUT2D eigenvalue weighted by molar-refractivity contribution is -0.127. The van der Waals surface area contributed by atoms with Crippen LogP contribution in [-0.4, -0.2) is 23.9 Å². The van der Waals surface area contributed by atoms with E-state index in [1.54, 1.807) is 12.1 Å². The molecule has 1 atom stereocenters. The van der Waals surface area contributed by atoms with Crippen LogP contribution in [0.5, 0.6) is 0 Å². The molecule has 1 aromatic carbocycles. The molecule has 0 radical (unpaired) electrons. The first-order valence-electron chi connectivity index (χ1n) is 7.58. The summed E-state index contributed by atoms with van der Waals surface area (Å²) in [7, 11) is 0. The minimum atomic E-state index is -0.820. The first-order valence-corrected chi connectivity index (χ1v) is 7.96. The smallest absolute Gasteiger partial charge is 0.322 e. The van der Waals surface area contributed by atoms with E-state index in [0.717, 1.165) is 5.56 Å². The van der Waals surface area contributed by atoms with Gasteiger partial charge in [-0.05, 0) is 30.5 Å². The number of rotatable bonds is 6. The Balaban J connectivity index is 2.12. The van der Waals surface area contributed by atoms with Crippen molar-refractivity contribution in [1.29, 1.82) is 0 Å². The summed E-state index contributed by atoms with van der Waals surface area (Å²) in [5.41, 5.74) is 0.431. The highest BCUT2D eigenvalue weighted by Gasteiger charge is 2.35. The molecule has 4 amide bonds. The number of hydrogen-bond donors (Lipinski definition) is 3. The highest BCUT2D eigenvalue weighted by Crippen LogP contribution is 2.30. The third kappa shape index (κ3) is 3.82. The zero-order valence-corrected chi connectivity index (χ0v) is 13.9. The molecular weight excluding hydrogens is 318 g/mol. The second-order valence-corrected chi connectivity index (χ2v) is 6.00. The second kappa shape index (κ2) is 7.00. The van der Waals surface area contributed by atoms with Crippen molar-refractivity contribution >= 4 is 29.4 Å². The van der Waals surface area contributed by atoms with Gasteiger partial charge in [0.1, 0.15) is 6.04 Å². The van der Waals surface area contributed by atoms with Gasteiger partial charge in [0.15, 0.2) is 0 Å². The van der Waals surface area contributed by atoms with E-state index >= 15 is 0 Å². The summed E-state index contributed by atoms with van der Waals surface area (Å²) < 4.78 is 0. The summed E-state index contributed by atoms with van der Waals surface area (Å²) in [6.07, 6.45) is 1.30. The Morgan fingerprint density at radius 1 is 1.22 bits per heavy atom. The van der Waals surface area contributed by atoms with Crippen LogP contribution in [-0.2, 0) is 15.1 Å². The fraction of sp³-hybridized carbons (Fsp3) is 0.438. The monoisotopic (exact) mass is 337 g/mol. The number of nitrogens with one attached hydrogen (secondary N) is 3. The average molecular weight is 338 g/mol. The van der Waals surface area contributed by atoms with Crippen LogP contribution < -0.4 is 16.0 Å². The van der Waals surface area contributed by atoms with E-state index in [0.29, 0.717) is 17.9 Å². The number of urea groups is 1. The van der Waals surface area contributed by atoms with Crippen LogP contribution in [0.25, 0.3) is 0 Å². The molecule has 3 N–H and O–H groups in total. The van der Waals surface area contributed by atoms with Gasteiger partial charge in [-0.2, -0.15) is 0 Å². The van der Waals surface area contributed by atoms with Crippen LogP contribution in [0.4, 0.5) is 4.79 Å². The van der Waals surface area contributed by atoms with E-state index in [9.17, 15) is 14.4 Å². The Hall–Kier alpha value is -2.08. The summed E-state index contributed by atoms with van der Waals surface area (Å²) in [6, 6.07) is 5.96. The molecule has 0 bridgehead atoms. The Kier molecular flexibility index (Phi) is 5.26. The third-order valence-electron chi connectivity index (χ3n) is 4.23. The summed E-state index contributed by atoms with van der Waals surface area (Å²) in [6.45, 7) is 3.98. The largest absolute Gasteiger partial charge is 0.347 e. The molecule has 6 nitrogen and oxygen atoms in total. The molecular formula is C16H20ClN3O3. The molecule has 1 aliphatic heterocycles. The summed E-state index contributed by atoms with van der Waals surface area (Å²) in [5.74, 6) is -0.763. The Bertz CT molecular complexity index is 612. The van der Waals surface area contributed by atoms with E-state index in [1.807, 2.05) is 26.0 Å². The maximum absolute atomic E-state index is 12.4. The predicted octanol–water partition coefficient (Wildman–Crippen LogP) is 2.07. The number of halogens is 1. The normalized spacial score (nSPS) is 17.6. The van der Waals surface area contributed by atoms with Gasteiger partial charge in [-0.15, -0.1) is 0 Å². The lowest BCUT2D eigenvalue weighted by Gasteiger charge is -2.34. The Morgan fingerprint density at radius 3 is 2.30 bits per heavy atom. The standard InChI is InChI=1S/C16H20ClN3O3/c1-3-16(4-2,10-5-7-11(17)8-6-10)20-13(21)9-12-14(22)19-15(23)18-12/h5-8,12H,3-4,9H2,1-2H3,(H,20,21)(H2,18,19,22,23). The van der Waals surface area contributed by atoms with Crippen molar-refractivity contribution in [2.24, 2.45) is 0 Å². The first-order chi connectivity index (χ1) is 10.9. The quantitative estimate of drug-likeness (QED) is 0.694. The van der Waals surface area contributed by atoms with E-state index in [-0.39, 0.29) is 12.3 Å². The molecule has 124 valence electrons. The molecule has 1 saturated heterocycles. The van der Waals surface area contributed by atoms with Crippen LogP contribution in [0.15, 0.2) is 24.3 Å². The van der Waals surface area contributed by atoms with E-state index < -0.39 is 23.5 Å². The van der Waals surface area contributed by atoms with Gasteiger partial charge in [-0.25, -0.2) is 4.79 Å². The zero-order valence-electron chi connectivity index (χ0n) is 13.1. The average Bonchev–Trinajstić information content (AvgIpc) is 2.83. The Morgan fingerprint density at radius 2 is 1.83 bits per heavy atom. The van der Waals surface area contributed by atoms with Crippen LogP contribution in [0.1, 0.15) is 38.7 Å². The molecule has 0 aliphatic carbocycles. The van der Waals surface area contributed by atoms with Gasteiger partial charge in [-0.1, -0.05) is 37.6 Å². The first kappa shape index (κ1) is 17.3. The topological polar surface area (TPSA) is 87.3 Å². The summed E-state index contributed by atoms with van der Waals surface area (Å²) >= 11 is 5.92. The van der Waals surface area contributed by atoms with Crippen molar-refractivity contribution < 1.29 is 14.4 Å². The molecule has 0 spiro atoms. The van der Waals surface area contributed by atoms with Gasteiger partial charge in [0.2, 0.25) is 5.91 Å². The number of carbonyl (C=O) groups excluding carboxylic acids is 3. The molecule has 7 heteroatoms. The van der Waals surface area contributed by atoms with Gasteiger partial charge < -0.3 is 10.6 Å². The third-order valence-corrected chi connectivity index (χ3v) is 4.48. The molecule has 0 saturated carbocycles. The van der Waals surface area contributed by atoms with Crippen molar-refractivity contribution in [3.63, 3.8) is 0 Å². The molecule has 1 fully saturated rings. The van der Waals surface area contributed by atoms with Gasteiger partial charge in [0, 0.05) is 5.02 Å². The fourth-order valence-corrected chi connectivity index (χ4v) is 2.91. The number of amides is 4. The number of benzene rings is 1. The second-order valence-electron chi connectivity index (χ2n) is 5.56. The minimum Gasteiger partial charge on any atom is -0.347 e. The minimum absolute atomic E-state index is 0.0904. The highest BCUT2D eigenvalue weighted by molar-refractivity contribution is 6.30. The van der Waals surface area contributed by atoms with Crippen molar-refractivity contribution in [3.8, 4) is 0 Å². The summed E-state index contributed by atoms with van der Waals surface area (Å²) in [5, 5.41) is 8.19. The fourth-order valence-electron chi connectivity index (χ4n) is 2.78. The van der Waals surface area contributed by atoms with Crippen molar-refractivity contribution in [2.75, 3.05) is 0 Å². The molecule has 0 aromatic heterocycles. The maximum Gasteiger partial charge on any atom is 0.322 e. The predicted molar refractivity (Wildman–Crippen MR) is 86.9 cm³/mol. The lowest BCUT2D eigenvalue weighted by Crippen LogP contribution is -2.47. The lowest BCUT2D eigenvalue weighted by atomic mass is 9.84. The van der Waals surface area contributed by atoms with Gasteiger partial charge >= 0.3 is 6.03 Å². The molecule has 1 heterocycles. The van der Waals surface area contributed by atoms with Gasteiger partial charge in [0.25, 0.3) is 5.91 Å². The van der Waals surface area contributed by atoms with Crippen LogP contribution in [0, 0.1) is 0 Å². The van der Waals surface area contributed by atoms with E-state index in [2.05, 4.69) is 16.0 Å². The van der Waals surface area contributed by atoms with Crippen molar-refractivity contribution in [1.82, 2.24) is 16.0 Å². The van der Waals surface area contributed by atoms with Crippen molar-refractivity contribution in [3.05, 3.63) is 34.9 Å². The van der Waals surface area contributed by atoms with Gasteiger partial charge in [-0.3, -0.25) is 14.9 Å². The molecule has 23 heavy (non-hydrogen) atoms. The highest BCUT2D eigenvalue weighted by atomic mass is 35.5. The maximum atomic E-state index is 12.4. The van der Waals surface area contributed by atoms with Crippen LogP contribution in [0.2, 0.25) is 5.02 Å². The molecule has 1 aliphatic rings. The number of hydrogen-bond acceptors (Lipinski definition) is 3. The van der Waals surface area contributed by atoms with E-state index in [1.165, 1.54) is 0 Å².